The predicted molar refractivity (Wildman–Crippen MR) is 121 cm³/mol. The van der Waals surface area contributed by atoms with Gasteiger partial charge in [0, 0.05) is 5.69 Å². The number of carbonyl (C=O) groups is 1. The zero-order chi connectivity index (χ0) is 21.8. The summed E-state index contributed by atoms with van der Waals surface area (Å²) in [6.07, 6.45) is 0. The number of nitrogens with zero attached hydrogens (tertiary/aromatic N) is 2. The van der Waals surface area contributed by atoms with E-state index in [4.69, 9.17) is 16.0 Å². The summed E-state index contributed by atoms with van der Waals surface area (Å²) in [6.45, 7) is 3.96. The molecule has 4 aromatic rings. The molecule has 31 heavy (non-hydrogen) atoms. The molecule has 4 rings (SSSR count). The van der Waals surface area contributed by atoms with Gasteiger partial charge in [-0.25, -0.2) is 4.79 Å². The molecule has 0 aliphatic carbocycles. The fourth-order valence-electron chi connectivity index (χ4n) is 3.27. The van der Waals surface area contributed by atoms with Gasteiger partial charge in [-0.15, -0.1) is 10.2 Å². The lowest BCUT2D eigenvalue weighted by Gasteiger charge is -2.17. The van der Waals surface area contributed by atoms with Gasteiger partial charge in [0.1, 0.15) is 6.04 Å². The highest BCUT2D eigenvalue weighted by molar-refractivity contribution is 6.33. The lowest BCUT2D eigenvalue weighted by Crippen LogP contribution is -2.33. The molecule has 7 heteroatoms. The molecule has 0 radical (unpaired) electrons. The number of aromatic nitrogens is 2. The highest BCUT2D eigenvalue weighted by Gasteiger charge is 2.24. The molecule has 0 spiro atoms. The van der Waals surface area contributed by atoms with Gasteiger partial charge < -0.3 is 15.1 Å². The molecule has 0 saturated carbocycles. The number of halogens is 1. The van der Waals surface area contributed by atoms with Crippen molar-refractivity contribution in [2.45, 2.75) is 19.9 Å². The number of amides is 2. The summed E-state index contributed by atoms with van der Waals surface area (Å²) in [4.78, 5) is 12.8. The maximum absolute atomic E-state index is 12.8. The quantitative estimate of drug-likeness (QED) is 0.410. The Morgan fingerprint density at radius 1 is 0.968 bits per heavy atom. The standard InChI is InChI=1S/C24H21ClN4O2/c1-15-12-13-20(16(2)14-15)26-24(30)27-21(17-8-4-3-5-9-17)23-29-28-22(31-23)18-10-6-7-11-19(18)25/h3-14,21H,1-2H3,(H2,26,27,30)/t21-/m0/s1. The van der Waals surface area contributed by atoms with Gasteiger partial charge in [-0.3, -0.25) is 0 Å². The summed E-state index contributed by atoms with van der Waals surface area (Å²) >= 11 is 6.26. The number of urea groups is 1. The summed E-state index contributed by atoms with van der Waals surface area (Å²) in [5.74, 6) is 0.551. The molecule has 6 nitrogen and oxygen atoms in total. The van der Waals surface area contributed by atoms with E-state index in [-0.39, 0.29) is 17.8 Å². The number of hydrogen-bond donors (Lipinski definition) is 2. The van der Waals surface area contributed by atoms with Gasteiger partial charge in [-0.2, -0.15) is 0 Å². The van der Waals surface area contributed by atoms with Gasteiger partial charge in [0.05, 0.1) is 10.6 Å². The number of hydrogen-bond acceptors (Lipinski definition) is 4. The fourth-order valence-corrected chi connectivity index (χ4v) is 3.49. The lowest BCUT2D eigenvalue weighted by atomic mass is 10.1. The molecule has 0 unspecified atom stereocenters. The van der Waals surface area contributed by atoms with Gasteiger partial charge >= 0.3 is 6.03 Å². The minimum atomic E-state index is -0.629. The number of benzene rings is 3. The molecule has 1 aromatic heterocycles. The molecule has 0 aliphatic rings. The number of carbonyl (C=O) groups excluding carboxylic acids is 1. The van der Waals surface area contributed by atoms with Gasteiger partial charge in [0.15, 0.2) is 0 Å². The van der Waals surface area contributed by atoms with E-state index in [2.05, 4.69) is 20.8 Å². The first-order chi connectivity index (χ1) is 15.0. The van der Waals surface area contributed by atoms with Crippen LogP contribution in [0.5, 0.6) is 0 Å². The second kappa shape index (κ2) is 9.02. The van der Waals surface area contributed by atoms with E-state index in [0.29, 0.717) is 10.6 Å². The molecule has 1 atom stereocenters. The van der Waals surface area contributed by atoms with Crippen LogP contribution in [0.15, 0.2) is 77.2 Å². The second-order valence-corrected chi connectivity index (χ2v) is 7.59. The zero-order valence-electron chi connectivity index (χ0n) is 17.1. The molecule has 0 aliphatic heterocycles. The highest BCUT2D eigenvalue weighted by atomic mass is 35.5. The summed E-state index contributed by atoms with van der Waals surface area (Å²) in [5, 5.41) is 14.7. The highest BCUT2D eigenvalue weighted by Crippen LogP contribution is 2.29. The first-order valence-electron chi connectivity index (χ1n) is 9.79. The van der Waals surface area contributed by atoms with Crippen LogP contribution in [0.2, 0.25) is 5.02 Å². The molecule has 0 fully saturated rings. The minimum Gasteiger partial charge on any atom is -0.418 e. The van der Waals surface area contributed by atoms with E-state index in [9.17, 15) is 4.79 Å². The molecular weight excluding hydrogens is 412 g/mol. The van der Waals surface area contributed by atoms with Crippen LogP contribution in [-0.4, -0.2) is 16.2 Å². The van der Waals surface area contributed by atoms with Gasteiger partial charge in [0.25, 0.3) is 0 Å². The minimum absolute atomic E-state index is 0.261. The number of anilines is 1. The molecule has 0 saturated heterocycles. The number of aryl methyl sites for hydroxylation is 2. The SMILES string of the molecule is Cc1ccc(NC(=O)N[C@@H](c2ccccc2)c2nnc(-c3ccccc3Cl)o2)c(C)c1. The van der Waals surface area contributed by atoms with Crippen LogP contribution < -0.4 is 10.6 Å². The van der Waals surface area contributed by atoms with Crippen LogP contribution in [0.25, 0.3) is 11.5 Å². The van der Waals surface area contributed by atoms with Crippen molar-refractivity contribution in [1.29, 1.82) is 0 Å². The third-order valence-corrected chi connectivity index (χ3v) is 5.16. The van der Waals surface area contributed by atoms with Gasteiger partial charge in [-0.1, -0.05) is 71.8 Å². The first-order valence-corrected chi connectivity index (χ1v) is 10.2. The summed E-state index contributed by atoms with van der Waals surface area (Å²) in [7, 11) is 0. The van der Waals surface area contributed by atoms with Crippen LogP contribution in [0.3, 0.4) is 0 Å². The van der Waals surface area contributed by atoms with Crippen molar-refractivity contribution in [3.05, 3.63) is 100 Å². The Labute approximate surface area is 185 Å². The molecule has 3 aromatic carbocycles. The van der Waals surface area contributed by atoms with Crippen LogP contribution >= 0.6 is 11.6 Å². The molecular formula is C24H21ClN4O2. The van der Waals surface area contributed by atoms with Crippen LogP contribution in [0.4, 0.5) is 10.5 Å². The largest absolute Gasteiger partial charge is 0.418 e. The van der Waals surface area contributed by atoms with Crippen LogP contribution in [0, 0.1) is 13.8 Å². The fraction of sp³-hybridized carbons (Fsp3) is 0.125. The third-order valence-electron chi connectivity index (χ3n) is 4.83. The van der Waals surface area contributed by atoms with Crippen molar-refractivity contribution in [3.63, 3.8) is 0 Å². The molecule has 1 heterocycles. The van der Waals surface area contributed by atoms with Crippen molar-refractivity contribution < 1.29 is 9.21 Å². The molecule has 156 valence electrons. The van der Waals surface area contributed by atoms with E-state index in [1.807, 2.05) is 74.5 Å². The van der Waals surface area contributed by atoms with E-state index in [0.717, 1.165) is 22.4 Å². The summed E-state index contributed by atoms with van der Waals surface area (Å²) in [6, 6.07) is 21.5. The summed E-state index contributed by atoms with van der Waals surface area (Å²) < 4.78 is 5.91. The van der Waals surface area contributed by atoms with Crippen molar-refractivity contribution >= 4 is 23.3 Å². The Bertz CT molecular complexity index is 1210. The Hall–Kier alpha value is -3.64. The molecule has 0 bridgehead atoms. The van der Waals surface area contributed by atoms with Crippen molar-refractivity contribution in [3.8, 4) is 11.5 Å². The monoisotopic (exact) mass is 432 g/mol. The average molecular weight is 433 g/mol. The lowest BCUT2D eigenvalue weighted by molar-refractivity contribution is 0.248. The Morgan fingerprint density at radius 2 is 1.71 bits per heavy atom. The van der Waals surface area contributed by atoms with Crippen LogP contribution in [-0.2, 0) is 0 Å². The van der Waals surface area contributed by atoms with E-state index in [1.54, 1.807) is 12.1 Å². The normalized spacial score (nSPS) is 11.7. The maximum Gasteiger partial charge on any atom is 0.320 e. The van der Waals surface area contributed by atoms with Crippen molar-refractivity contribution in [2.24, 2.45) is 0 Å². The van der Waals surface area contributed by atoms with E-state index in [1.165, 1.54) is 0 Å². The molecule has 2 amide bonds. The first kappa shape index (κ1) is 20.6. The Balaban J connectivity index is 1.61. The topological polar surface area (TPSA) is 80.0 Å². The van der Waals surface area contributed by atoms with Gasteiger partial charge in [0.2, 0.25) is 11.8 Å². The maximum atomic E-state index is 12.8. The third kappa shape index (κ3) is 4.75. The Morgan fingerprint density at radius 3 is 2.45 bits per heavy atom. The summed E-state index contributed by atoms with van der Waals surface area (Å²) in [5.41, 5.74) is 4.29. The Kier molecular flexibility index (Phi) is 6.00. The average Bonchev–Trinajstić information content (AvgIpc) is 3.25. The van der Waals surface area contributed by atoms with Gasteiger partial charge in [-0.05, 0) is 43.2 Å². The molecule has 2 N–H and O–H groups in total. The van der Waals surface area contributed by atoms with E-state index >= 15 is 0 Å². The predicted octanol–water partition coefficient (Wildman–Crippen LogP) is 5.92. The van der Waals surface area contributed by atoms with Crippen molar-refractivity contribution in [1.82, 2.24) is 15.5 Å². The van der Waals surface area contributed by atoms with Crippen LogP contribution in [0.1, 0.15) is 28.6 Å². The number of nitrogens with one attached hydrogen (secondary N) is 2. The van der Waals surface area contributed by atoms with Crippen molar-refractivity contribution in [2.75, 3.05) is 5.32 Å². The van der Waals surface area contributed by atoms with E-state index < -0.39 is 6.04 Å². The zero-order valence-corrected chi connectivity index (χ0v) is 17.9. The smallest absolute Gasteiger partial charge is 0.320 e. The second-order valence-electron chi connectivity index (χ2n) is 7.19. The number of rotatable bonds is 5.